The summed E-state index contributed by atoms with van der Waals surface area (Å²) >= 11 is 0. The lowest BCUT2D eigenvalue weighted by molar-refractivity contribution is 0.136. The number of hydrogen-bond donors (Lipinski definition) is 0. The number of nitrogens with zero attached hydrogens (tertiary/aromatic N) is 2. The molecule has 3 rings (SSSR count). The summed E-state index contributed by atoms with van der Waals surface area (Å²) in [7, 11) is 0. The second kappa shape index (κ2) is 8.18. The van der Waals surface area contributed by atoms with Crippen molar-refractivity contribution in [3.63, 3.8) is 0 Å². The van der Waals surface area contributed by atoms with Gasteiger partial charge in [0, 0.05) is 50.9 Å². The Bertz CT molecular complexity index is 677. The molecule has 1 fully saturated rings. The van der Waals surface area contributed by atoms with Gasteiger partial charge in [-0.1, -0.05) is 48.6 Å². The second-order valence-electron chi connectivity index (χ2n) is 6.13. The predicted molar refractivity (Wildman–Crippen MR) is 93.6 cm³/mol. The van der Waals surface area contributed by atoms with Crippen molar-refractivity contribution in [1.29, 1.82) is 0 Å². The molecule has 2 aromatic rings. The standard InChI is InChI=1S/C20H22F2N2/c21-19-9-8-18(20(22)15-19)16-24-13-11-23(12-14-24)10-4-7-17-5-2-1-3-6-17/h1-9,15H,10-14,16H2. The van der Waals surface area contributed by atoms with E-state index >= 15 is 0 Å². The third-order valence-electron chi connectivity index (χ3n) is 4.35. The second-order valence-corrected chi connectivity index (χ2v) is 6.13. The monoisotopic (exact) mass is 328 g/mol. The van der Waals surface area contributed by atoms with Gasteiger partial charge in [-0.15, -0.1) is 0 Å². The van der Waals surface area contributed by atoms with Crippen molar-refractivity contribution in [3.05, 3.63) is 77.4 Å². The van der Waals surface area contributed by atoms with E-state index in [0.29, 0.717) is 12.1 Å². The van der Waals surface area contributed by atoms with Gasteiger partial charge in [-0.2, -0.15) is 0 Å². The molecule has 126 valence electrons. The maximum atomic E-state index is 13.7. The fraction of sp³-hybridized carbons (Fsp3) is 0.300. The lowest BCUT2D eigenvalue weighted by Crippen LogP contribution is -2.45. The van der Waals surface area contributed by atoms with Crippen molar-refractivity contribution in [1.82, 2.24) is 9.80 Å². The van der Waals surface area contributed by atoms with E-state index in [0.717, 1.165) is 38.8 Å². The van der Waals surface area contributed by atoms with Crippen LogP contribution in [0.2, 0.25) is 0 Å². The van der Waals surface area contributed by atoms with E-state index in [-0.39, 0.29) is 0 Å². The number of halogens is 2. The summed E-state index contributed by atoms with van der Waals surface area (Å²) in [4.78, 5) is 4.60. The first-order valence-corrected chi connectivity index (χ1v) is 8.31. The van der Waals surface area contributed by atoms with Crippen LogP contribution in [-0.2, 0) is 6.54 Å². The number of hydrogen-bond acceptors (Lipinski definition) is 2. The van der Waals surface area contributed by atoms with Crippen LogP contribution >= 0.6 is 0 Å². The smallest absolute Gasteiger partial charge is 0.130 e. The average Bonchev–Trinajstić information content (AvgIpc) is 2.60. The maximum Gasteiger partial charge on any atom is 0.130 e. The quantitative estimate of drug-likeness (QED) is 0.824. The largest absolute Gasteiger partial charge is 0.297 e. The van der Waals surface area contributed by atoms with Crippen LogP contribution in [0.4, 0.5) is 8.78 Å². The first-order valence-electron chi connectivity index (χ1n) is 8.31. The highest BCUT2D eigenvalue weighted by Gasteiger charge is 2.17. The minimum atomic E-state index is -0.522. The summed E-state index contributed by atoms with van der Waals surface area (Å²) in [5.41, 5.74) is 1.77. The molecule has 0 atom stereocenters. The molecule has 0 amide bonds. The molecule has 0 aliphatic carbocycles. The Kier molecular flexibility index (Phi) is 5.72. The third-order valence-corrected chi connectivity index (χ3v) is 4.35. The Morgan fingerprint density at radius 3 is 2.29 bits per heavy atom. The van der Waals surface area contributed by atoms with Crippen molar-refractivity contribution < 1.29 is 8.78 Å². The van der Waals surface area contributed by atoms with E-state index in [1.54, 1.807) is 6.07 Å². The van der Waals surface area contributed by atoms with Crippen molar-refractivity contribution in [2.75, 3.05) is 32.7 Å². The van der Waals surface area contributed by atoms with Crippen molar-refractivity contribution in [3.8, 4) is 0 Å². The van der Waals surface area contributed by atoms with Crippen LogP contribution in [0.15, 0.2) is 54.6 Å². The van der Waals surface area contributed by atoms with Crippen molar-refractivity contribution in [2.45, 2.75) is 6.54 Å². The SMILES string of the molecule is Fc1ccc(CN2CCN(CC=Cc3ccccc3)CC2)c(F)c1. The van der Waals surface area contributed by atoms with E-state index in [9.17, 15) is 8.78 Å². The highest BCUT2D eigenvalue weighted by Crippen LogP contribution is 2.14. The average molecular weight is 328 g/mol. The highest BCUT2D eigenvalue weighted by molar-refractivity contribution is 5.48. The van der Waals surface area contributed by atoms with Gasteiger partial charge in [-0.05, 0) is 11.6 Å². The molecule has 2 aromatic carbocycles. The molecule has 1 aliphatic rings. The zero-order valence-electron chi connectivity index (χ0n) is 13.7. The van der Waals surface area contributed by atoms with E-state index < -0.39 is 11.6 Å². The summed E-state index contributed by atoms with van der Waals surface area (Å²) in [5.74, 6) is -0.977. The van der Waals surface area contributed by atoms with Gasteiger partial charge in [-0.25, -0.2) is 8.78 Å². The molecule has 4 heteroatoms. The molecule has 0 radical (unpaired) electrons. The van der Waals surface area contributed by atoms with Gasteiger partial charge in [0.1, 0.15) is 11.6 Å². The summed E-state index contributed by atoms with van der Waals surface area (Å²) in [6, 6.07) is 14.1. The number of piperazine rings is 1. The van der Waals surface area contributed by atoms with Crippen LogP contribution in [-0.4, -0.2) is 42.5 Å². The minimum absolute atomic E-state index is 0.455. The summed E-state index contributed by atoms with van der Waals surface area (Å²) in [6.45, 7) is 5.18. The molecule has 0 bridgehead atoms. The normalized spacial score (nSPS) is 16.8. The lowest BCUT2D eigenvalue weighted by atomic mass is 10.1. The minimum Gasteiger partial charge on any atom is -0.297 e. The van der Waals surface area contributed by atoms with E-state index in [1.165, 1.54) is 11.6 Å². The van der Waals surface area contributed by atoms with Crippen LogP contribution in [0.3, 0.4) is 0 Å². The van der Waals surface area contributed by atoms with Gasteiger partial charge in [0.2, 0.25) is 0 Å². The van der Waals surface area contributed by atoms with Gasteiger partial charge in [0.05, 0.1) is 0 Å². The molecule has 0 aromatic heterocycles. The van der Waals surface area contributed by atoms with E-state index in [2.05, 4.69) is 34.1 Å². The van der Waals surface area contributed by atoms with Gasteiger partial charge in [0.15, 0.2) is 0 Å². The molecule has 0 spiro atoms. The Labute approximate surface area is 142 Å². The first kappa shape index (κ1) is 16.8. The Morgan fingerprint density at radius 2 is 1.58 bits per heavy atom. The predicted octanol–water partition coefficient (Wildman–Crippen LogP) is 3.80. The molecule has 24 heavy (non-hydrogen) atoms. The maximum absolute atomic E-state index is 13.7. The molecule has 0 saturated carbocycles. The molecular weight excluding hydrogens is 306 g/mol. The Hall–Kier alpha value is -2.04. The van der Waals surface area contributed by atoms with Crippen molar-refractivity contribution >= 4 is 6.08 Å². The third kappa shape index (κ3) is 4.73. The molecule has 0 unspecified atom stereocenters. The van der Waals surface area contributed by atoms with E-state index in [1.807, 2.05) is 18.2 Å². The number of benzene rings is 2. The van der Waals surface area contributed by atoms with Crippen LogP contribution in [0.1, 0.15) is 11.1 Å². The fourth-order valence-corrected chi connectivity index (χ4v) is 2.92. The Morgan fingerprint density at radius 1 is 0.875 bits per heavy atom. The van der Waals surface area contributed by atoms with Crippen LogP contribution in [0, 0.1) is 11.6 Å². The van der Waals surface area contributed by atoms with Crippen LogP contribution < -0.4 is 0 Å². The molecular formula is C20H22F2N2. The summed E-state index contributed by atoms with van der Waals surface area (Å²) < 4.78 is 26.7. The number of rotatable bonds is 5. The van der Waals surface area contributed by atoms with E-state index in [4.69, 9.17) is 0 Å². The first-order chi connectivity index (χ1) is 11.7. The lowest BCUT2D eigenvalue weighted by Gasteiger charge is -2.34. The van der Waals surface area contributed by atoms with Crippen molar-refractivity contribution in [2.24, 2.45) is 0 Å². The summed E-state index contributed by atoms with van der Waals surface area (Å²) in [6.07, 6.45) is 4.32. The highest BCUT2D eigenvalue weighted by atomic mass is 19.1. The molecule has 1 saturated heterocycles. The molecule has 0 N–H and O–H groups in total. The van der Waals surface area contributed by atoms with Gasteiger partial charge in [0.25, 0.3) is 0 Å². The zero-order valence-corrected chi connectivity index (χ0v) is 13.7. The fourth-order valence-electron chi connectivity index (χ4n) is 2.92. The zero-order chi connectivity index (χ0) is 16.8. The van der Waals surface area contributed by atoms with Crippen LogP contribution in [0.5, 0.6) is 0 Å². The molecule has 1 aliphatic heterocycles. The topological polar surface area (TPSA) is 6.48 Å². The van der Waals surface area contributed by atoms with Crippen LogP contribution in [0.25, 0.3) is 6.08 Å². The van der Waals surface area contributed by atoms with Gasteiger partial charge >= 0.3 is 0 Å². The molecule has 2 nitrogen and oxygen atoms in total. The Balaban J connectivity index is 1.45. The van der Waals surface area contributed by atoms with Gasteiger partial charge in [-0.3, -0.25) is 9.80 Å². The summed E-state index contributed by atoms with van der Waals surface area (Å²) in [5, 5.41) is 0. The molecule has 1 heterocycles. The van der Waals surface area contributed by atoms with Gasteiger partial charge < -0.3 is 0 Å².